The molecule has 0 unspecified atom stereocenters. The third-order valence-electron chi connectivity index (χ3n) is 1.90. The maximum Gasteiger partial charge on any atom is 1.00 e. The van der Waals surface area contributed by atoms with Gasteiger partial charge in [0.2, 0.25) is 0 Å². The summed E-state index contributed by atoms with van der Waals surface area (Å²) < 4.78 is 0. The topological polar surface area (TPSA) is 0 Å². The van der Waals surface area contributed by atoms with Crippen LogP contribution in [0.1, 0.15) is 5.56 Å². The first-order chi connectivity index (χ1) is 5.36. The summed E-state index contributed by atoms with van der Waals surface area (Å²) >= 11 is 0. The summed E-state index contributed by atoms with van der Waals surface area (Å²) in [5.74, 6) is 0. The van der Waals surface area contributed by atoms with Gasteiger partial charge in [-0.15, -0.1) is 0 Å². The summed E-state index contributed by atoms with van der Waals surface area (Å²) in [7, 11) is 0. The van der Waals surface area contributed by atoms with Crippen LogP contribution in [0.4, 0.5) is 0 Å². The minimum absolute atomic E-state index is 0. The molecule has 0 amide bonds. The van der Waals surface area contributed by atoms with Crippen molar-refractivity contribution in [1.29, 1.82) is 0 Å². The molecule has 0 radical (unpaired) electrons. The Kier molecular flexibility index (Phi) is 6.09. The van der Waals surface area contributed by atoms with Crippen LogP contribution in [0.25, 0.3) is 10.8 Å². The van der Waals surface area contributed by atoms with Crippen LogP contribution in [0.15, 0.2) is 42.5 Å². The Morgan fingerprint density at radius 3 is 2.15 bits per heavy atom. The Morgan fingerprint density at radius 1 is 0.846 bits per heavy atom. The maximum absolute atomic E-state index is 2.20. The van der Waals surface area contributed by atoms with Gasteiger partial charge in [0.1, 0.15) is 0 Å². The predicted octanol–water partition coefficient (Wildman–Crippen LogP) is 0.603. The summed E-state index contributed by atoms with van der Waals surface area (Å²) in [4.78, 5) is 0. The van der Waals surface area contributed by atoms with Gasteiger partial charge in [0.15, 0.2) is 0 Å². The van der Waals surface area contributed by atoms with E-state index in [0.717, 1.165) is 0 Å². The Morgan fingerprint density at radius 2 is 1.46 bits per heavy atom. The second-order valence-corrected chi connectivity index (χ2v) is 2.85. The van der Waals surface area contributed by atoms with E-state index in [4.69, 9.17) is 0 Å². The Balaban J connectivity index is 0.000000720. The largest absolute Gasteiger partial charge is 1.00 e. The van der Waals surface area contributed by atoms with Crippen LogP contribution in [0, 0.1) is 14.4 Å². The van der Waals surface area contributed by atoms with Gasteiger partial charge in [-0.25, -0.2) is 0 Å². The molecule has 2 aromatic carbocycles. The van der Waals surface area contributed by atoms with Crippen LogP contribution >= 0.6 is 0 Å². The van der Waals surface area contributed by atoms with Gasteiger partial charge in [0, 0.05) is 0 Å². The molecule has 0 aromatic heterocycles. The molecule has 0 spiro atoms. The first kappa shape index (κ1) is 13.3. The third-order valence-corrected chi connectivity index (χ3v) is 1.90. The van der Waals surface area contributed by atoms with Crippen LogP contribution in [-0.2, 0) is 0 Å². The second kappa shape index (κ2) is 5.94. The molecule has 0 nitrogen and oxygen atoms in total. The average molecular weight is 196 g/mol. The first-order valence-electron chi connectivity index (χ1n) is 3.82. The Labute approximate surface area is 123 Å². The van der Waals surface area contributed by atoms with Crippen molar-refractivity contribution < 1.29 is 51.4 Å². The number of rotatable bonds is 0. The van der Waals surface area contributed by atoms with E-state index in [2.05, 4.69) is 49.4 Å². The molecule has 0 fully saturated rings. The van der Waals surface area contributed by atoms with E-state index >= 15 is 0 Å². The van der Waals surface area contributed by atoms with Crippen molar-refractivity contribution in [2.45, 2.75) is 6.92 Å². The fourth-order valence-electron chi connectivity index (χ4n) is 1.31. The normalized spacial score (nSPS) is 8.69. The number of fused-ring (bicyclic) bond motifs is 1. The molecule has 0 saturated heterocycles. The zero-order chi connectivity index (χ0) is 7.68. The van der Waals surface area contributed by atoms with E-state index in [1.807, 2.05) is 0 Å². The van der Waals surface area contributed by atoms with Crippen LogP contribution in [0.3, 0.4) is 0 Å². The zero-order valence-electron chi connectivity index (χ0n) is 8.54. The molecule has 0 bridgehead atoms. The van der Waals surface area contributed by atoms with Crippen LogP contribution in [0.2, 0.25) is 0 Å². The van der Waals surface area contributed by atoms with Crippen LogP contribution in [0.5, 0.6) is 0 Å². The van der Waals surface area contributed by atoms with Gasteiger partial charge in [-0.2, -0.15) is 0 Å². The SMILES string of the molecule is Cc1ccc2ccccc2c1.[CH3-].[K+]. The summed E-state index contributed by atoms with van der Waals surface area (Å²) in [6, 6.07) is 14.9. The smallest absolute Gasteiger partial charge is 0.358 e. The number of hydrogen-bond acceptors (Lipinski definition) is 0. The molecule has 13 heavy (non-hydrogen) atoms. The molecular weight excluding hydrogens is 183 g/mol. The van der Waals surface area contributed by atoms with E-state index in [1.54, 1.807) is 0 Å². The van der Waals surface area contributed by atoms with Gasteiger partial charge in [-0.05, 0) is 17.7 Å². The minimum atomic E-state index is 0. The summed E-state index contributed by atoms with van der Waals surface area (Å²) in [6.07, 6.45) is 0. The molecule has 0 saturated carbocycles. The quantitative estimate of drug-likeness (QED) is 0.428. The van der Waals surface area contributed by atoms with E-state index in [-0.39, 0.29) is 58.8 Å². The van der Waals surface area contributed by atoms with E-state index in [9.17, 15) is 0 Å². The number of benzene rings is 2. The van der Waals surface area contributed by atoms with Crippen molar-refractivity contribution in [2.75, 3.05) is 0 Å². The maximum atomic E-state index is 2.20. The molecule has 0 atom stereocenters. The van der Waals surface area contributed by atoms with Crippen molar-refractivity contribution >= 4 is 10.8 Å². The molecular formula is C12H13K. The summed E-state index contributed by atoms with van der Waals surface area (Å²) in [5.41, 5.74) is 1.32. The van der Waals surface area contributed by atoms with Crippen LogP contribution in [-0.4, -0.2) is 0 Å². The second-order valence-electron chi connectivity index (χ2n) is 2.85. The van der Waals surface area contributed by atoms with Crippen molar-refractivity contribution in [3.63, 3.8) is 0 Å². The van der Waals surface area contributed by atoms with Gasteiger partial charge < -0.3 is 7.43 Å². The molecule has 2 aromatic rings. The monoisotopic (exact) mass is 196 g/mol. The Hall–Kier alpha value is 0.336. The van der Waals surface area contributed by atoms with Crippen molar-refractivity contribution in [3.8, 4) is 0 Å². The fourth-order valence-corrected chi connectivity index (χ4v) is 1.31. The molecule has 0 aliphatic carbocycles. The first-order valence-corrected chi connectivity index (χ1v) is 3.82. The number of aryl methyl sites for hydroxylation is 1. The summed E-state index contributed by atoms with van der Waals surface area (Å²) in [6.45, 7) is 2.12. The van der Waals surface area contributed by atoms with Gasteiger partial charge in [0.05, 0.1) is 0 Å². The van der Waals surface area contributed by atoms with Gasteiger partial charge in [-0.3, -0.25) is 0 Å². The van der Waals surface area contributed by atoms with Crippen LogP contribution < -0.4 is 51.4 Å². The van der Waals surface area contributed by atoms with Gasteiger partial charge in [-0.1, -0.05) is 48.0 Å². The molecule has 0 aliphatic rings. The third kappa shape index (κ3) is 3.19. The van der Waals surface area contributed by atoms with Crippen molar-refractivity contribution in [3.05, 3.63) is 55.5 Å². The summed E-state index contributed by atoms with van der Waals surface area (Å²) in [5, 5.41) is 2.64. The molecule has 1 heteroatoms. The fraction of sp³-hybridized carbons (Fsp3) is 0.0833. The average Bonchev–Trinajstić information content (AvgIpc) is 2.04. The molecule has 0 N–H and O–H groups in total. The zero-order valence-corrected chi connectivity index (χ0v) is 11.7. The van der Waals surface area contributed by atoms with Crippen molar-refractivity contribution in [2.24, 2.45) is 0 Å². The molecule has 0 heterocycles. The molecule has 0 aliphatic heterocycles. The van der Waals surface area contributed by atoms with E-state index in [1.165, 1.54) is 16.3 Å². The minimum Gasteiger partial charge on any atom is -0.358 e. The van der Waals surface area contributed by atoms with Gasteiger partial charge in [0.25, 0.3) is 0 Å². The molecule has 62 valence electrons. The van der Waals surface area contributed by atoms with Gasteiger partial charge >= 0.3 is 51.4 Å². The van der Waals surface area contributed by atoms with Crippen molar-refractivity contribution in [1.82, 2.24) is 0 Å². The molecule has 2 rings (SSSR count). The van der Waals surface area contributed by atoms with E-state index < -0.39 is 0 Å². The Bertz CT molecular complexity index is 380. The van der Waals surface area contributed by atoms with E-state index in [0.29, 0.717) is 0 Å². The standard InChI is InChI=1S/C11H10.CH3.K/c1-9-6-7-10-4-2-3-5-11(10)8-9;;/h2-8H,1H3;1H3;/q;-1;+1. The predicted molar refractivity (Wildman–Crippen MR) is 55.1 cm³/mol. The number of hydrogen-bond donors (Lipinski definition) is 0.